The average Bonchev–Trinajstić information content (AvgIpc) is 3.36. The molecule has 3 heterocycles. The predicted molar refractivity (Wildman–Crippen MR) is 103 cm³/mol. The molecule has 5 heteroatoms. The quantitative estimate of drug-likeness (QED) is 0.830. The van der Waals surface area contributed by atoms with E-state index in [1.807, 2.05) is 47.1 Å². The lowest BCUT2D eigenvalue weighted by Crippen LogP contribution is -2.38. The van der Waals surface area contributed by atoms with Gasteiger partial charge >= 0.3 is 0 Å². The fourth-order valence-corrected chi connectivity index (χ4v) is 4.98. The standard InChI is InChI=1S/C21H24N2O2S/c1-16-7-8-18(26-16)19(24)23-14-11-21(15-23)10-13-22(20(21)25)12-9-17-5-3-2-4-6-17/h2-8H,9-15H2,1H3. The Balaban J connectivity index is 1.39. The number of benzene rings is 1. The molecule has 26 heavy (non-hydrogen) atoms. The van der Waals surface area contributed by atoms with Crippen LogP contribution in [0.15, 0.2) is 42.5 Å². The molecule has 2 aromatic rings. The number of hydrogen-bond acceptors (Lipinski definition) is 3. The molecule has 0 bridgehead atoms. The number of rotatable bonds is 4. The van der Waals surface area contributed by atoms with Crippen molar-refractivity contribution in [2.75, 3.05) is 26.2 Å². The zero-order valence-corrected chi connectivity index (χ0v) is 15.9. The van der Waals surface area contributed by atoms with Gasteiger partial charge in [-0.1, -0.05) is 30.3 Å². The van der Waals surface area contributed by atoms with E-state index in [4.69, 9.17) is 0 Å². The molecule has 1 aromatic heterocycles. The van der Waals surface area contributed by atoms with Crippen LogP contribution in [0.3, 0.4) is 0 Å². The molecular formula is C21H24N2O2S. The summed E-state index contributed by atoms with van der Waals surface area (Å²) in [7, 11) is 0. The summed E-state index contributed by atoms with van der Waals surface area (Å²) in [4.78, 5) is 31.6. The van der Waals surface area contributed by atoms with Crippen molar-refractivity contribution in [2.24, 2.45) is 5.41 Å². The van der Waals surface area contributed by atoms with Gasteiger partial charge in [-0.25, -0.2) is 0 Å². The first-order valence-electron chi connectivity index (χ1n) is 9.26. The van der Waals surface area contributed by atoms with Gasteiger partial charge in [0.25, 0.3) is 5.91 Å². The van der Waals surface area contributed by atoms with Crippen molar-refractivity contribution in [3.8, 4) is 0 Å². The second kappa shape index (κ2) is 6.88. The Labute approximate surface area is 158 Å². The van der Waals surface area contributed by atoms with E-state index in [2.05, 4.69) is 12.1 Å². The number of likely N-dealkylation sites (tertiary alicyclic amines) is 2. The highest BCUT2D eigenvalue weighted by atomic mass is 32.1. The van der Waals surface area contributed by atoms with E-state index in [1.54, 1.807) is 0 Å². The number of amides is 2. The summed E-state index contributed by atoms with van der Waals surface area (Å²) >= 11 is 1.53. The van der Waals surface area contributed by atoms with Crippen molar-refractivity contribution in [3.05, 3.63) is 57.8 Å². The van der Waals surface area contributed by atoms with E-state index in [0.717, 1.165) is 42.1 Å². The number of carbonyl (C=O) groups excluding carboxylic acids is 2. The number of nitrogens with zero attached hydrogens (tertiary/aromatic N) is 2. The summed E-state index contributed by atoms with van der Waals surface area (Å²) in [6.07, 6.45) is 2.55. The van der Waals surface area contributed by atoms with Crippen molar-refractivity contribution in [1.29, 1.82) is 0 Å². The molecule has 136 valence electrons. The van der Waals surface area contributed by atoms with Gasteiger partial charge in [-0.3, -0.25) is 9.59 Å². The predicted octanol–water partition coefficient (Wildman–Crippen LogP) is 3.36. The van der Waals surface area contributed by atoms with Gasteiger partial charge in [-0.05, 0) is 43.9 Å². The second-order valence-electron chi connectivity index (χ2n) is 7.45. The fraction of sp³-hybridized carbons (Fsp3) is 0.429. The molecule has 0 saturated carbocycles. The van der Waals surface area contributed by atoms with Crippen molar-refractivity contribution >= 4 is 23.2 Å². The maximum Gasteiger partial charge on any atom is 0.263 e. The van der Waals surface area contributed by atoms with E-state index < -0.39 is 0 Å². The highest BCUT2D eigenvalue weighted by Crippen LogP contribution is 2.41. The average molecular weight is 369 g/mol. The van der Waals surface area contributed by atoms with Crippen molar-refractivity contribution in [3.63, 3.8) is 0 Å². The first-order chi connectivity index (χ1) is 12.6. The molecular weight excluding hydrogens is 344 g/mol. The van der Waals surface area contributed by atoms with Crippen LogP contribution < -0.4 is 0 Å². The van der Waals surface area contributed by atoms with Gasteiger partial charge in [0.1, 0.15) is 0 Å². The maximum absolute atomic E-state index is 13.1. The van der Waals surface area contributed by atoms with Gasteiger partial charge in [-0.2, -0.15) is 0 Å². The van der Waals surface area contributed by atoms with Crippen molar-refractivity contribution < 1.29 is 9.59 Å². The summed E-state index contributed by atoms with van der Waals surface area (Å²) in [5.41, 5.74) is 0.913. The van der Waals surface area contributed by atoms with Crippen LogP contribution in [0.5, 0.6) is 0 Å². The van der Waals surface area contributed by atoms with Gasteiger partial charge in [0, 0.05) is 31.1 Å². The maximum atomic E-state index is 13.1. The minimum absolute atomic E-state index is 0.0792. The Morgan fingerprint density at radius 3 is 2.62 bits per heavy atom. The molecule has 0 radical (unpaired) electrons. The first-order valence-corrected chi connectivity index (χ1v) is 10.1. The second-order valence-corrected chi connectivity index (χ2v) is 8.73. The Kier molecular flexibility index (Phi) is 4.57. The first kappa shape index (κ1) is 17.3. The van der Waals surface area contributed by atoms with Gasteiger partial charge in [0.2, 0.25) is 5.91 Å². The molecule has 1 aromatic carbocycles. The Bertz CT molecular complexity index is 816. The number of aryl methyl sites for hydroxylation is 1. The topological polar surface area (TPSA) is 40.6 Å². The Morgan fingerprint density at radius 1 is 1.12 bits per heavy atom. The molecule has 1 atom stereocenters. The van der Waals surface area contributed by atoms with Crippen LogP contribution in [-0.4, -0.2) is 47.8 Å². The summed E-state index contributed by atoms with van der Waals surface area (Å²) < 4.78 is 0. The van der Waals surface area contributed by atoms with Gasteiger partial charge in [-0.15, -0.1) is 11.3 Å². The Morgan fingerprint density at radius 2 is 1.88 bits per heavy atom. The summed E-state index contributed by atoms with van der Waals surface area (Å²) in [5.74, 6) is 0.321. The summed E-state index contributed by atoms with van der Waals surface area (Å²) in [6, 6.07) is 14.2. The van der Waals surface area contributed by atoms with Gasteiger partial charge < -0.3 is 9.80 Å². The van der Waals surface area contributed by atoms with E-state index in [-0.39, 0.29) is 17.2 Å². The SMILES string of the molecule is Cc1ccc(C(=O)N2CCC3(CCN(CCc4ccccc4)C3=O)C2)s1. The lowest BCUT2D eigenvalue weighted by molar-refractivity contribution is -0.135. The largest absolute Gasteiger partial charge is 0.342 e. The van der Waals surface area contributed by atoms with Gasteiger partial charge in [0.05, 0.1) is 10.3 Å². The van der Waals surface area contributed by atoms with E-state index in [1.165, 1.54) is 16.9 Å². The smallest absolute Gasteiger partial charge is 0.263 e. The molecule has 2 saturated heterocycles. The van der Waals surface area contributed by atoms with Crippen LogP contribution in [-0.2, 0) is 11.2 Å². The van der Waals surface area contributed by atoms with Crippen LogP contribution in [0.2, 0.25) is 0 Å². The summed E-state index contributed by atoms with van der Waals surface area (Å²) in [5, 5.41) is 0. The zero-order chi connectivity index (χ0) is 18.1. The van der Waals surface area contributed by atoms with E-state index in [9.17, 15) is 9.59 Å². The van der Waals surface area contributed by atoms with E-state index >= 15 is 0 Å². The van der Waals surface area contributed by atoms with E-state index in [0.29, 0.717) is 13.1 Å². The number of carbonyl (C=O) groups is 2. The Hall–Kier alpha value is -2.14. The molecule has 1 unspecified atom stereocenters. The zero-order valence-electron chi connectivity index (χ0n) is 15.1. The van der Waals surface area contributed by atoms with Crippen LogP contribution in [0, 0.1) is 12.3 Å². The van der Waals surface area contributed by atoms with Crippen LogP contribution >= 0.6 is 11.3 Å². The number of hydrogen-bond donors (Lipinski definition) is 0. The molecule has 4 rings (SSSR count). The van der Waals surface area contributed by atoms with Gasteiger partial charge in [0.15, 0.2) is 0 Å². The molecule has 0 aliphatic carbocycles. The highest BCUT2D eigenvalue weighted by molar-refractivity contribution is 7.13. The van der Waals surface area contributed by atoms with Crippen molar-refractivity contribution in [2.45, 2.75) is 26.2 Å². The molecule has 1 spiro atoms. The number of thiophene rings is 1. The molecule has 2 aliphatic rings. The molecule has 2 fully saturated rings. The fourth-order valence-electron chi connectivity index (χ4n) is 4.14. The lowest BCUT2D eigenvalue weighted by Gasteiger charge is -2.23. The molecule has 2 amide bonds. The van der Waals surface area contributed by atoms with Crippen LogP contribution in [0.4, 0.5) is 0 Å². The molecule has 0 N–H and O–H groups in total. The third-order valence-electron chi connectivity index (χ3n) is 5.71. The highest BCUT2D eigenvalue weighted by Gasteiger charge is 2.51. The minimum atomic E-state index is -0.349. The summed E-state index contributed by atoms with van der Waals surface area (Å²) in [6.45, 7) is 4.85. The van der Waals surface area contributed by atoms with Crippen LogP contribution in [0.1, 0.15) is 33.0 Å². The molecule has 2 aliphatic heterocycles. The van der Waals surface area contributed by atoms with Crippen LogP contribution in [0.25, 0.3) is 0 Å². The normalized spacial score (nSPS) is 22.6. The third-order valence-corrected chi connectivity index (χ3v) is 6.70. The lowest BCUT2D eigenvalue weighted by atomic mass is 9.85. The monoisotopic (exact) mass is 368 g/mol. The third kappa shape index (κ3) is 3.16. The molecule has 4 nitrogen and oxygen atoms in total. The van der Waals surface area contributed by atoms with Crippen molar-refractivity contribution in [1.82, 2.24) is 9.80 Å². The minimum Gasteiger partial charge on any atom is -0.342 e.